The molecule has 5 nitrogen and oxygen atoms in total. The van der Waals surface area contributed by atoms with Gasteiger partial charge in [-0.3, -0.25) is 0 Å². The average Bonchev–Trinajstić information content (AvgIpc) is 2.65. The van der Waals surface area contributed by atoms with Crippen LogP contribution < -0.4 is 9.64 Å². The predicted octanol–water partition coefficient (Wildman–Crippen LogP) is 4.37. The van der Waals surface area contributed by atoms with Gasteiger partial charge in [0.25, 0.3) is 0 Å². The zero-order valence-corrected chi connectivity index (χ0v) is 17.9. The molecule has 0 aromatic carbocycles. The molecule has 3 fully saturated rings. The first kappa shape index (κ1) is 20.8. The molecule has 1 unspecified atom stereocenters. The van der Waals surface area contributed by atoms with Gasteiger partial charge in [0.15, 0.2) is 11.6 Å². The topological polar surface area (TPSA) is 41.5 Å². The van der Waals surface area contributed by atoms with E-state index >= 15 is 0 Å². The molecule has 3 heterocycles. The fraction of sp³-hybridized carbons (Fsp3) is 0.652. The third-order valence-electron chi connectivity index (χ3n) is 6.99. The van der Waals surface area contributed by atoms with Gasteiger partial charge in [0.05, 0.1) is 6.20 Å². The van der Waals surface area contributed by atoms with E-state index in [9.17, 15) is 13.2 Å². The van der Waals surface area contributed by atoms with Crippen molar-refractivity contribution in [3.8, 4) is 5.75 Å². The third kappa shape index (κ3) is 4.31. The van der Waals surface area contributed by atoms with Crippen LogP contribution in [0.5, 0.6) is 5.75 Å². The van der Waals surface area contributed by atoms with Crippen molar-refractivity contribution >= 4 is 5.82 Å². The molecule has 0 amide bonds. The number of rotatable bonds is 5. The highest BCUT2D eigenvalue weighted by Gasteiger charge is 2.53. The molecule has 2 saturated heterocycles. The highest BCUT2D eigenvalue weighted by Crippen LogP contribution is 2.45. The first-order valence-electron chi connectivity index (χ1n) is 11.2. The lowest BCUT2D eigenvalue weighted by Crippen LogP contribution is -2.72. The second kappa shape index (κ2) is 7.80. The van der Waals surface area contributed by atoms with Crippen LogP contribution >= 0.6 is 0 Å². The van der Waals surface area contributed by atoms with Gasteiger partial charge < -0.3 is 14.5 Å². The summed E-state index contributed by atoms with van der Waals surface area (Å²) in [4.78, 5) is 13.0. The Morgan fingerprint density at radius 2 is 2.03 bits per heavy atom. The number of halogens is 3. The molecular formula is C23H29F3N4O. The van der Waals surface area contributed by atoms with Crippen LogP contribution in [-0.2, 0) is 0 Å². The van der Waals surface area contributed by atoms with E-state index in [1.165, 1.54) is 12.4 Å². The molecule has 2 aliphatic carbocycles. The molecule has 1 saturated carbocycles. The number of hydrogen-bond donors (Lipinski definition) is 0. The molecule has 168 valence electrons. The zero-order valence-electron chi connectivity index (χ0n) is 17.9. The maximum atomic E-state index is 13.7. The lowest BCUT2D eigenvalue weighted by Gasteiger charge is -2.61. The van der Waals surface area contributed by atoms with E-state index in [0.29, 0.717) is 24.4 Å². The number of allylic oxidation sites excluding steroid dienone is 3. The van der Waals surface area contributed by atoms with Crippen molar-refractivity contribution in [1.82, 2.24) is 14.9 Å². The van der Waals surface area contributed by atoms with Crippen LogP contribution in [0.1, 0.15) is 39.0 Å². The number of hydrogen-bond acceptors (Lipinski definition) is 5. The van der Waals surface area contributed by atoms with Gasteiger partial charge in [0.2, 0.25) is 5.92 Å². The third-order valence-corrected chi connectivity index (χ3v) is 6.99. The van der Waals surface area contributed by atoms with Gasteiger partial charge >= 0.3 is 0 Å². The minimum atomic E-state index is -2.48. The highest BCUT2D eigenvalue weighted by atomic mass is 19.3. The van der Waals surface area contributed by atoms with Crippen molar-refractivity contribution < 1.29 is 17.9 Å². The summed E-state index contributed by atoms with van der Waals surface area (Å²) >= 11 is 0. The van der Waals surface area contributed by atoms with Crippen molar-refractivity contribution in [1.29, 1.82) is 0 Å². The molecule has 0 N–H and O–H groups in total. The average molecular weight is 435 g/mol. The van der Waals surface area contributed by atoms with E-state index in [4.69, 9.17) is 4.74 Å². The maximum absolute atomic E-state index is 13.7. The van der Waals surface area contributed by atoms with Gasteiger partial charge in [0, 0.05) is 57.4 Å². The summed E-state index contributed by atoms with van der Waals surface area (Å²) in [5, 5.41) is 0. The van der Waals surface area contributed by atoms with Crippen LogP contribution in [0.25, 0.3) is 0 Å². The molecule has 1 aromatic rings. The Kier molecular flexibility index (Phi) is 5.23. The highest BCUT2D eigenvalue weighted by molar-refractivity contribution is 5.55. The molecular weight excluding hydrogens is 405 g/mol. The number of nitrogens with zero attached hydrogens (tertiary/aromatic N) is 4. The summed E-state index contributed by atoms with van der Waals surface area (Å²) in [6.07, 6.45) is 7.37. The van der Waals surface area contributed by atoms with Gasteiger partial charge in [-0.15, -0.1) is 0 Å². The molecule has 1 spiro atoms. The number of likely N-dealkylation sites (tertiary alicyclic amines) is 1. The number of anilines is 1. The monoisotopic (exact) mass is 434 g/mol. The summed E-state index contributed by atoms with van der Waals surface area (Å²) in [7, 11) is 0. The summed E-state index contributed by atoms with van der Waals surface area (Å²) in [5.41, 5.74) is 1.09. The van der Waals surface area contributed by atoms with Crippen molar-refractivity contribution in [2.45, 2.75) is 51.1 Å². The van der Waals surface area contributed by atoms with Gasteiger partial charge in [-0.25, -0.2) is 23.1 Å². The van der Waals surface area contributed by atoms with Crippen molar-refractivity contribution in [3.05, 3.63) is 36.0 Å². The molecule has 31 heavy (non-hydrogen) atoms. The second-order valence-electron chi connectivity index (χ2n) is 9.88. The Bertz CT molecular complexity index is 889. The molecule has 4 aliphatic rings. The fourth-order valence-electron chi connectivity index (χ4n) is 5.60. The van der Waals surface area contributed by atoms with Crippen LogP contribution in [0.2, 0.25) is 0 Å². The number of ether oxygens (including phenoxy) is 1. The molecule has 1 aromatic heterocycles. The molecule has 2 atom stereocenters. The first-order valence-corrected chi connectivity index (χ1v) is 11.2. The maximum Gasteiger partial charge on any atom is 0.248 e. The summed E-state index contributed by atoms with van der Waals surface area (Å²) in [6.45, 7) is 6.32. The molecule has 8 heteroatoms. The van der Waals surface area contributed by atoms with E-state index in [1.807, 2.05) is 6.92 Å². The van der Waals surface area contributed by atoms with Crippen molar-refractivity contribution in [2.75, 3.05) is 37.6 Å². The Labute approximate surface area is 181 Å². The Hall–Kier alpha value is -2.09. The Balaban J connectivity index is 1.16. The SMILES string of the molecule is CC1=C(Oc2cncnc2N2CC3(CN(CC4CCCC(F)(F)C4)C3)C2)C=C[C@H](F)C1. The van der Waals surface area contributed by atoms with Crippen molar-refractivity contribution in [2.24, 2.45) is 11.3 Å². The lowest BCUT2D eigenvalue weighted by atomic mass is 9.72. The normalized spacial score (nSPS) is 29.6. The van der Waals surface area contributed by atoms with Crippen molar-refractivity contribution in [3.63, 3.8) is 0 Å². The first-order chi connectivity index (χ1) is 14.8. The second-order valence-corrected chi connectivity index (χ2v) is 9.88. The van der Waals surface area contributed by atoms with Crippen LogP contribution in [0.3, 0.4) is 0 Å². The summed E-state index contributed by atoms with van der Waals surface area (Å²) < 4.78 is 46.9. The van der Waals surface area contributed by atoms with Crippen LogP contribution in [0.4, 0.5) is 19.0 Å². The molecule has 5 rings (SSSR count). The van der Waals surface area contributed by atoms with E-state index in [1.54, 1.807) is 12.3 Å². The zero-order chi connectivity index (χ0) is 21.6. The van der Waals surface area contributed by atoms with E-state index in [-0.39, 0.29) is 24.2 Å². The van der Waals surface area contributed by atoms with E-state index < -0.39 is 12.1 Å². The Morgan fingerprint density at radius 1 is 1.23 bits per heavy atom. The van der Waals surface area contributed by atoms with Gasteiger partial charge in [-0.05, 0) is 43.4 Å². The van der Waals surface area contributed by atoms with E-state index in [0.717, 1.165) is 50.5 Å². The molecule has 2 aliphatic heterocycles. The van der Waals surface area contributed by atoms with Crippen LogP contribution in [0, 0.1) is 11.3 Å². The standard InChI is InChI=1S/C23H29F3N4O/c1-16-7-18(24)4-5-19(16)31-20-9-27-15-28-21(20)30-13-22(14-30)11-29(12-22)10-17-3-2-6-23(25,26)8-17/h4-5,9,15,17-18H,2-3,6-8,10-14H2,1H3/t17?,18-/m0/s1. The fourth-order valence-corrected chi connectivity index (χ4v) is 5.60. The quantitative estimate of drug-likeness (QED) is 0.688. The largest absolute Gasteiger partial charge is 0.452 e. The predicted molar refractivity (Wildman–Crippen MR) is 112 cm³/mol. The summed E-state index contributed by atoms with van der Waals surface area (Å²) in [6, 6.07) is 0. The van der Waals surface area contributed by atoms with E-state index in [2.05, 4.69) is 19.8 Å². The van der Waals surface area contributed by atoms with Gasteiger partial charge in [-0.2, -0.15) is 0 Å². The minimum absolute atomic E-state index is 0.0388. The number of aromatic nitrogens is 2. The smallest absolute Gasteiger partial charge is 0.248 e. The van der Waals surface area contributed by atoms with Gasteiger partial charge in [-0.1, -0.05) is 0 Å². The minimum Gasteiger partial charge on any atom is -0.452 e. The van der Waals surface area contributed by atoms with Gasteiger partial charge in [0.1, 0.15) is 18.3 Å². The van der Waals surface area contributed by atoms with Crippen LogP contribution in [-0.4, -0.2) is 59.7 Å². The summed E-state index contributed by atoms with van der Waals surface area (Å²) in [5.74, 6) is -0.382. The molecule has 0 bridgehead atoms. The lowest BCUT2D eigenvalue weighted by molar-refractivity contribution is -0.0771. The molecule has 0 radical (unpaired) electrons. The van der Waals surface area contributed by atoms with Crippen LogP contribution in [0.15, 0.2) is 36.0 Å². The number of alkyl halides is 3. The Morgan fingerprint density at radius 3 is 2.77 bits per heavy atom.